The van der Waals surface area contributed by atoms with Gasteiger partial charge in [0.05, 0.1) is 6.61 Å². The van der Waals surface area contributed by atoms with Crippen LogP contribution in [0, 0.1) is 0 Å². The second-order valence-electron chi connectivity index (χ2n) is 6.47. The summed E-state index contributed by atoms with van der Waals surface area (Å²) >= 11 is 3.48. The van der Waals surface area contributed by atoms with E-state index in [2.05, 4.69) is 55.5 Å². The molecule has 0 radical (unpaired) electrons. The predicted molar refractivity (Wildman–Crippen MR) is 119 cm³/mol. The molecule has 0 saturated heterocycles. The van der Waals surface area contributed by atoms with Crippen LogP contribution >= 0.6 is 23.5 Å². The van der Waals surface area contributed by atoms with Gasteiger partial charge in [-0.25, -0.2) is 0 Å². The smallest absolute Gasteiger partial charge is 0.319 e. The lowest BCUT2D eigenvalue weighted by molar-refractivity contribution is -0.142. The van der Waals surface area contributed by atoms with Crippen LogP contribution in [0.4, 0.5) is 0 Å². The maximum Gasteiger partial charge on any atom is 0.319 e. The molecular formula is C23H30O2S2. The summed E-state index contributed by atoms with van der Waals surface area (Å²) in [5, 5.41) is -0.190. The number of esters is 1. The lowest BCUT2D eigenvalue weighted by atomic mass is 10.1. The molecule has 2 rings (SSSR count). The van der Waals surface area contributed by atoms with E-state index >= 15 is 0 Å². The topological polar surface area (TPSA) is 26.3 Å². The second-order valence-corrected chi connectivity index (χ2v) is 9.05. The van der Waals surface area contributed by atoms with Crippen molar-refractivity contribution in [3.05, 3.63) is 48.5 Å². The first-order valence-electron chi connectivity index (χ1n) is 9.80. The van der Waals surface area contributed by atoms with Gasteiger partial charge in [-0.15, -0.1) is 23.5 Å². The van der Waals surface area contributed by atoms with Gasteiger partial charge in [-0.2, -0.15) is 0 Å². The molecule has 2 aromatic rings. The molecule has 0 saturated carbocycles. The zero-order valence-electron chi connectivity index (χ0n) is 16.6. The molecule has 0 aliphatic rings. The van der Waals surface area contributed by atoms with Crippen molar-refractivity contribution in [1.82, 2.24) is 0 Å². The van der Waals surface area contributed by atoms with E-state index in [1.165, 1.54) is 59.2 Å². The summed E-state index contributed by atoms with van der Waals surface area (Å²) in [6.07, 6.45) is 5.26. The van der Waals surface area contributed by atoms with Gasteiger partial charge in [-0.3, -0.25) is 4.79 Å². The van der Waals surface area contributed by atoms with Crippen LogP contribution in [0.3, 0.4) is 0 Å². The molecule has 27 heavy (non-hydrogen) atoms. The lowest BCUT2D eigenvalue weighted by Gasteiger charge is -2.10. The molecule has 146 valence electrons. The number of unbranched alkanes of at least 4 members (excludes halogenated alkanes) is 3. The van der Waals surface area contributed by atoms with E-state index in [0.29, 0.717) is 6.61 Å². The van der Waals surface area contributed by atoms with E-state index in [9.17, 15) is 4.79 Å². The molecule has 0 aliphatic heterocycles. The van der Waals surface area contributed by atoms with E-state index in [1.54, 1.807) is 0 Å². The van der Waals surface area contributed by atoms with Gasteiger partial charge in [0.2, 0.25) is 0 Å². The molecular weight excluding hydrogens is 372 g/mol. The molecule has 4 heteroatoms. The maximum absolute atomic E-state index is 11.7. The largest absolute Gasteiger partial charge is 0.465 e. The number of hydrogen-bond donors (Lipinski definition) is 0. The Bertz CT molecular complexity index is 681. The molecule has 0 unspecified atom stereocenters. The fraction of sp³-hybridized carbons (Fsp3) is 0.435. The van der Waals surface area contributed by atoms with E-state index < -0.39 is 0 Å². The van der Waals surface area contributed by atoms with Gasteiger partial charge in [0.25, 0.3) is 0 Å². The number of benzene rings is 2. The summed E-state index contributed by atoms with van der Waals surface area (Å²) in [7, 11) is 0. The fourth-order valence-corrected chi connectivity index (χ4v) is 4.48. The SMILES string of the molecule is CCCCCCSc1ccc(-c2ccc(S[C@H](C)C(=O)OCC)cc2)cc1. The minimum Gasteiger partial charge on any atom is -0.465 e. The highest BCUT2D eigenvalue weighted by Crippen LogP contribution is 2.29. The number of thioether (sulfide) groups is 2. The number of rotatable bonds is 11. The third-order valence-electron chi connectivity index (χ3n) is 4.24. The Labute approximate surface area is 172 Å². The van der Waals surface area contributed by atoms with Crippen LogP contribution in [0.5, 0.6) is 0 Å². The zero-order valence-corrected chi connectivity index (χ0v) is 18.2. The molecule has 0 amide bonds. The first-order valence-corrected chi connectivity index (χ1v) is 11.7. The van der Waals surface area contributed by atoms with Crippen LogP contribution < -0.4 is 0 Å². The van der Waals surface area contributed by atoms with Gasteiger partial charge < -0.3 is 4.74 Å². The molecule has 0 aliphatic carbocycles. The molecule has 2 aromatic carbocycles. The molecule has 0 bridgehead atoms. The van der Waals surface area contributed by atoms with Gasteiger partial charge in [-0.1, -0.05) is 50.5 Å². The zero-order chi connectivity index (χ0) is 19.5. The average molecular weight is 403 g/mol. The van der Waals surface area contributed by atoms with Crippen LogP contribution in [0.2, 0.25) is 0 Å². The summed E-state index contributed by atoms with van der Waals surface area (Å²) in [4.78, 5) is 14.2. The molecule has 1 atom stereocenters. The Morgan fingerprint density at radius 3 is 2.04 bits per heavy atom. The van der Waals surface area contributed by atoms with E-state index in [0.717, 1.165) is 4.90 Å². The van der Waals surface area contributed by atoms with Gasteiger partial charge in [-0.05, 0) is 61.4 Å². The molecule has 0 heterocycles. The Morgan fingerprint density at radius 1 is 0.889 bits per heavy atom. The van der Waals surface area contributed by atoms with Gasteiger partial charge >= 0.3 is 5.97 Å². The monoisotopic (exact) mass is 402 g/mol. The van der Waals surface area contributed by atoms with Gasteiger partial charge in [0.15, 0.2) is 0 Å². The number of carbonyl (C=O) groups excluding carboxylic acids is 1. The Hall–Kier alpha value is -1.39. The van der Waals surface area contributed by atoms with Crippen molar-refractivity contribution >= 4 is 29.5 Å². The first kappa shape index (κ1) is 21.9. The van der Waals surface area contributed by atoms with Crippen molar-refractivity contribution in [1.29, 1.82) is 0 Å². The molecule has 2 nitrogen and oxygen atoms in total. The number of ether oxygens (including phenoxy) is 1. The number of carbonyl (C=O) groups is 1. The van der Waals surface area contributed by atoms with Crippen LogP contribution in [-0.4, -0.2) is 23.6 Å². The minimum atomic E-state index is -0.190. The standard InChI is InChI=1S/C23H30O2S2/c1-4-6-7-8-17-26-21-13-9-19(10-14-21)20-11-15-22(16-12-20)27-18(3)23(24)25-5-2/h9-16,18H,4-8,17H2,1-3H3/t18-/m1/s1. The summed E-state index contributed by atoms with van der Waals surface area (Å²) < 4.78 is 5.07. The normalized spacial score (nSPS) is 12.0. The summed E-state index contributed by atoms with van der Waals surface area (Å²) in [5.41, 5.74) is 2.42. The fourth-order valence-electron chi connectivity index (χ4n) is 2.70. The summed E-state index contributed by atoms with van der Waals surface area (Å²) in [6.45, 7) is 6.39. The highest BCUT2D eigenvalue weighted by Gasteiger charge is 2.15. The Morgan fingerprint density at radius 2 is 1.48 bits per heavy atom. The Balaban J connectivity index is 1.88. The molecule has 0 fully saturated rings. The van der Waals surface area contributed by atoms with E-state index in [1.807, 2.05) is 25.6 Å². The van der Waals surface area contributed by atoms with Crippen LogP contribution in [0.15, 0.2) is 58.3 Å². The van der Waals surface area contributed by atoms with Crippen molar-refractivity contribution in [2.45, 2.75) is 61.5 Å². The summed E-state index contributed by atoms with van der Waals surface area (Å²) in [5.74, 6) is 1.04. The molecule has 0 spiro atoms. The van der Waals surface area contributed by atoms with Crippen LogP contribution in [-0.2, 0) is 9.53 Å². The minimum absolute atomic E-state index is 0.158. The van der Waals surface area contributed by atoms with E-state index in [4.69, 9.17) is 4.74 Å². The third kappa shape index (κ3) is 7.63. The van der Waals surface area contributed by atoms with Crippen molar-refractivity contribution in [3.8, 4) is 11.1 Å². The lowest BCUT2D eigenvalue weighted by Crippen LogP contribution is -2.16. The number of hydrogen-bond acceptors (Lipinski definition) is 4. The Kier molecular flexibility index (Phi) is 9.85. The van der Waals surface area contributed by atoms with Crippen LogP contribution in [0.25, 0.3) is 11.1 Å². The first-order chi connectivity index (χ1) is 13.1. The van der Waals surface area contributed by atoms with Gasteiger partial charge in [0.1, 0.15) is 5.25 Å². The van der Waals surface area contributed by atoms with Gasteiger partial charge in [0, 0.05) is 9.79 Å². The summed E-state index contributed by atoms with van der Waals surface area (Å²) in [6, 6.07) is 17.2. The average Bonchev–Trinajstić information content (AvgIpc) is 2.69. The second kappa shape index (κ2) is 12.1. The van der Waals surface area contributed by atoms with Crippen LogP contribution in [0.1, 0.15) is 46.5 Å². The van der Waals surface area contributed by atoms with Crippen molar-refractivity contribution in [2.24, 2.45) is 0 Å². The predicted octanol–water partition coefficient (Wildman–Crippen LogP) is 7.07. The maximum atomic E-state index is 11.7. The highest BCUT2D eigenvalue weighted by molar-refractivity contribution is 8.00. The van der Waals surface area contributed by atoms with Crippen molar-refractivity contribution in [3.63, 3.8) is 0 Å². The quantitative estimate of drug-likeness (QED) is 0.228. The highest BCUT2D eigenvalue weighted by atomic mass is 32.2. The molecule has 0 N–H and O–H groups in total. The third-order valence-corrected chi connectivity index (χ3v) is 6.43. The van der Waals surface area contributed by atoms with Crippen molar-refractivity contribution in [2.75, 3.05) is 12.4 Å². The molecule has 0 aromatic heterocycles. The van der Waals surface area contributed by atoms with E-state index in [-0.39, 0.29) is 11.2 Å². The van der Waals surface area contributed by atoms with Crippen molar-refractivity contribution < 1.29 is 9.53 Å².